The molecule has 1 atom stereocenters. The highest BCUT2D eigenvalue weighted by atomic mass is 35.5. The van der Waals surface area contributed by atoms with Gasteiger partial charge in [0.05, 0.1) is 23.2 Å². The first-order valence-corrected chi connectivity index (χ1v) is 9.97. The van der Waals surface area contributed by atoms with Crippen LogP contribution in [0.1, 0.15) is 63.2 Å². The van der Waals surface area contributed by atoms with Gasteiger partial charge in [0.15, 0.2) is 5.78 Å². The molecule has 1 amide bonds. The molecular weight excluding hydrogens is 392 g/mol. The molecule has 0 N–H and O–H groups in total. The van der Waals surface area contributed by atoms with Gasteiger partial charge in [-0.3, -0.25) is 9.59 Å². The second-order valence-electron chi connectivity index (χ2n) is 6.82. The van der Waals surface area contributed by atoms with Crippen LogP contribution in [0.5, 0.6) is 0 Å². The van der Waals surface area contributed by atoms with Crippen molar-refractivity contribution in [3.63, 3.8) is 0 Å². The van der Waals surface area contributed by atoms with Gasteiger partial charge in [-0.1, -0.05) is 23.7 Å². The van der Waals surface area contributed by atoms with Crippen LogP contribution in [0, 0.1) is 13.8 Å². The van der Waals surface area contributed by atoms with Crippen LogP contribution in [-0.2, 0) is 11.8 Å². The summed E-state index contributed by atoms with van der Waals surface area (Å²) in [5.41, 5.74) is 2.35. The number of carbonyl (C=O) groups is 3. The van der Waals surface area contributed by atoms with Gasteiger partial charge in [-0.05, 0) is 52.3 Å². The zero-order valence-corrected chi connectivity index (χ0v) is 18.5. The van der Waals surface area contributed by atoms with Gasteiger partial charge < -0.3 is 14.2 Å². The Morgan fingerprint density at radius 1 is 1.17 bits per heavy atom. The SMILES string of the molecule is CCOC(=O)c1c(C)c(C(=O)[C@@H](C)N(CC)C(=O)c2ccccc2Cl)c(C)n1C. The second-order valence-corrected chi connectivity index (χ2v) is 7.23. The summed E-state index contributed by atoms with van der Waals surface area (Å²) in [5, 5.41) is 0.340. The quantitative estimate of drug-likeness (QED) is 0.499. The number of hydrogen-bond donors (Lipinski definition) is 0. The van der Waals surface area contributed by atoms with Crippen molar-refractivity contribution in [2.45, 2.75) is 40.7 Å². The van der Waals surface area contributed by atoms with Crippen molar-refractivity contribution in [1.82, 2.24) is 9.47 Å². The minimum Gasteiger partial charge on any atom is -0.461 e. The van der Waals surface area contributed by atoms with Crippen molar-refractivity contribution < 1.29 is 19.1 Å². The Hall–Kier alpha value is -2.60. The van der Waals surface area contributed by atoms with E-state index >= 15 is 0 Å². The molecule has 6 nitrogen and oxygen atoms in total. The second kappa shape index (κ2) is 9.27. The molecule has 0 bridgehead atoms. The Morgan fingerprint density at radius 2 is 1.79 bits per heavy atom. The summed E-state index contributed by atoms with van der Waals surface area (Å²) in [7, 11) is 1.72. The Kier molecular flexibility index (Phi) is 7.25. The van der Waals surface area contributed by atoms with E-state index in [0.717, 1.165) is 0 Å². The number of Topliss-reactive ketones (excluding diaryl/α,β-unsaturated/α-hetero) is 1. The highest BCUT2D eigenvalue weighted by molar-refractivity contribution is 6.33. The van der Waals surface area contributed by atoms with Crippen LogP contribution in [0.4, 0.5) is 0 Å². The Labute approximate surface area is 176 Å². The average molecular weight is 419 g/mol. The maximum Gasteiger partial charge on any atom is 0.355 e. The molecule has 0 aliphatic carbocycles. The van der Waals surface area contributed by atoms with Gasteiger partial charge >= 0.3 is 5.97 Å². The third-order valence-corrected chi connectivity index (χ3v) is 5.53. The lowest BCUT2D eigenvalue weighted by molar-refractivity contribution is 0.0513. The number of esters is 1. The fraction of sp³-hybridized carbons (Fsp3) is 0.409. The monoisotopic (exact) mass is 418 g/mol. The van der Waals surface area contributed by atoms with Crippen molar-refractivity contribution in [3.8, 4) is 0 Å². The number of amides is 1. The van der Waals surface area contributed by atoms with Gasteiger partial charge in [-0.2, -0.15) is 0 Å². The van der Waals surface area contributed by atoms with Gasteiger partial charge in [0, 0.05) is 24.8 Å². The first kappa shape index (κ1) is 22.7. The molecule has 7 heteroatoms. The minimum atomic E-state index is -0.724. The first-order chi connectivity index (χ1) is 13.7. The molecule has 0 aliphatic heterocycles. The molecule has 2 rings (SSSR count). The summed E-state index contributed by atoms with van der Waals surface area (Å²) in [5.74, 6) is -1.01. The van der Waals surface area contributed by atoms with E-state index in [1.807, 2.05) is 6.92 Å². The molecule has 1 aromatic carbocycles. The lowest BCUT2D eigenvalue weighted by atomic mass is 9.99. The number of aromatic nitrogens is 1. The number of halogens is 1. The zero-order chi connectivity index (χ0) is 21.9. The van der Waals surface area contributed by atoms with Crippen LogP contribution >= 0.6 is 11.6 Å². The number of ketones is 1. The fourth-order valence-corrected chi connectivity index (χ4v) is 3.78. The molecule has 0 spiro atoms. The molecule has 0 saturated heterocycles. The molecule has 0 aliphatic rings. The highest BCUT2D eigenvalue weighted by Gasteiger charge is 2.32. The Bertz CT molecular complexity index is 949. The first-order valence-electron chi connectivity index (χ1n) is 9.59. The fourth-order valence-electron chi connectivity index (χ4n) is 3.56. The molecule has 156 valence electrons. The average Bonchev–Trinajstić information content (AvgIpc) is 2.90. The summed E-state index contributed by atoms with van der Waals surface area (Å²) >= 11 is 6.17. The molecule has 1 heterocycles. The lowest BCUT2D eigenvalue weighted by Gasteiger charge is -2.27. The Morgan fingerprint density at radius 3 is 2.34 bits per heavy atom. The summed E-state index contributed by atoms with van der Waals surface area (Å²) in [6, 6.07) is 6.04. The van der Waals surface area contributed by atoms with Gasteiger partial charge in [0.2, 0.25) is 0 Å². The zero-order valence-electron chi connectivity index (χ0n) is 17.7. The minimum absolute atomic E-state index is 0.228. The van der Waals surface area contributed by atoms with Crippen molar-refractivity contribution in [2.24, 2.45) is 7.05 Å². The number of rotatable bonds is 7. The van der Waals surface area contributed by atoms with E-state index < -0.39 is 12.0 Å². The number of ether oxygens (including phenoxy) is 1. The number of nitrogens with zero attached hydrogens (tertiary/aromatic N) is 2. The van der Waals surface area contributed by atoms with Gasteiger partial charge in [-0.25, -0.2) is 4.79 Å². The summed E-state index contributed by atoms with van der Waals surface area (Å²) in [4.78, 5) is 40.2. The van der Waals surface area contributed by atoms with Crippen molar-refractivity contribution >= 4 is 29.3 Å². The van der Waals surface area contributed by atoms with E-state index in [4.69, 9.17) is 16.3 Å². The predicted octanol–water partition coefficient (Wildman–Crippen LogP) is 4.21. The summed E-state index contributed by atoms with van der Waals surface area (Å²) < 4.78 is 6.79. The lowest BCUT2D eigenvalue weighted by Crippen LogP contribution is -2.43. The van der Waals surface area contributed by atoms with E-state index in [-0.39, 0.29) is 18.3 Å². The summed E-state index contributed by atoms with van der Waals surface area (Å²) in [6.07, 6.45) is 0. The van der Waals surface area contributed by atoms with Crippen molar-refractivity contribution in [1.29, 1.82) is 0 Å². The smallest absolute Gasteiger partial charge is 0.355 e. The number of benzene rings is 1. The highest BCUT2D eigenvalue weighted by Crippen LogP contribution is 2.26. The van der Waals surface area contributed by atoms with E-state index in [0.29, 0.717) is 39.6 Å². The standard InChI is InChI=1S/C22H27ClN2O4/c1-7-25(21(27)16-11-9-10-12-17(16)23)15(5)20(26)18-13(3)19(22(28)29-8-2)24(6)14(18)4/h9-12,15H,7-8H2,1-6H3/t15-/m1/s1. The molecule has 0 fully saturated rings. The normalized spacial score (nSPS) is 11.8. The van der Waals surface area contributed by atoms with E-state index in [9.17, 15) is 14.4 Å². The topological polar surface area (TPSA) is 68.6 Å². The van der Waals surface area contributed by atoms with E-state index in [1.54, 1.807) is 63.6 Å². The number of hydrogen-bond acceptors (Lipinski definition) is 4. The molecule has 0 radical (unpaired) electrons. The van der Waals surface area contributed by atoms with Gasteiger partial charge in [0.25, 0.3) is 5.91 Å². The van der Waals surface area contributed by atoms with Gasteiger partial charge in [0.1, 0.15) is 5.69 Å². The third kappa shape index (κ3) is 4.22. The largest absolute Gasteiger partial charge is 0.461 e. The van der Waals surface area contributed by atoms with E-state index in [1.165, 1.54) is 4.90 Å². The summed E-state index contributed by atoms with van der Waals surface area (Å²) in [6.45, 7) is 9.33. The van der Waals surface area contributed by atoms with Crippen LogP contribution in [0.3, 0.4) is 0 Å². The van der Waals surface area contributed by atoms with Crippen LogP contribution in [0.2, 0.25) is 5.02 Å². The van der Waals surface area contributed by atoms with Crippen LogP contribution < -0.4 is 0 Å². The maximum absolute atomic E-state index is 13.4. The molecule has 0 unspecified atom stereocenters. The number of likely N-dealkylation sites (N-methyl/N-ethyl adjacent to an activating group) is 1. The van der Waals surface area contributed by atoms with Crippen LogP contribution in [0.25, 0.3) is 0 Å². The third-order valence-electron chi connectivity index (χ3n) is 5.20. The van der Waals surface area contributed by atoms with Crippen molar-refractivity contribution in [3.05, 3.63) is 57.4 Å². The Balaban J connectivity index is 2.43. The van der Waals surface area contributed by atoms with Crippen LogP contribution in [-0.4, -0.2) is 46.3 Å². The van der Waals surface area contributed by atoms with Crippen molar-refractivity contribution in [2.75, 3.05) is 13.2 Å². The van der Waals surface area contributed by atoms with Gasteiger partial charge in [-0.15, -0.1) is 0 Å². The predicted molar refractivity (Wildman–Crippen MR) is 113 cm³/mol. The van der Waals surface area contributed by atoms with Crippen LogP contribution in [0.15, 0.2) is 24.3 Å². The maximum atomic E-state index is 13.4. The molecule has 0 saturated carbocycles. The molecule has 2 aromatic rings. The molecule has 29 heavy (non-hydrogen) atoms. The van der Waals surface area contributed by atoms with E-state index in [2.05, 4.69) is 0 Å². The number of carbonyl (C=O) groups excluding carboxylic acids is 3. The molecule has 1 aromatic heterocycles. The molecular formula is C22H27ClN2O4.